The summed E-state index contributed by atoms with van der Waals surface area (Å²) >= 11 is 7.23. The van der Waals surface area contributed by atoms with E-state index < -0.39 is 0 Å². The van der Waals surface area contributed by atoms with Crippen molar-refractivity contribution in [1.82, 2.24) is 30.1 Å². The Morgan fingerprint density at radius 3 is 2.69 bits per heavy atom. The van der Waals surface area contributed by atoms with Crippen molar-refractivity contribution in [2.45, 2.75) is 17.5 Å². The largest absolute Gasteiger partial charge is 0.495 e. The Labute approximate surface area is 193 Å². The Morgan fingerprint density at radius 2 is 1.88 bits per heavy atom. The molecule has 10 nitrogen and oxygen atoms in total. The fourth-order valence-corrected chi connectivity index (χ4v) is 3.44. The van der Waals surface area contributed by atoms with Crippen molar-refractivity contribution < 1.29 is 9.47 Å². The van der Waals surface area contributed by atoms with E-state index in [4.69, 9.17) is 26.8 Å². The van der Waals surface area contributed by atoms with Crippen molar-refractivity contribution in [1.29, 1.82) is 0 Å². The predicted octanol–water partition coefficient (Wildman–Crippen LogP) is 3.85. The van der Waals surface area contributed by atoms with Crippen molar-refractivity contribution in [3.8, 4) is 11.5 Å². The predicted molar refractivity (Wildman–Crippen MR) is 122 cm³/mol. The fraction of sp³-hybridized carbons (Fsp3) is 0.150. The first kappa shape index (κ1) is 21.7. The maximum absolute atomic E-state index is 5.87. The molecule has 164 valence electrons. The zero-order valence-electron chi connectivity index (χ0n) is 16.9. The lowest BCUT2D eigenvalue weighted by atomic mass is 10.3. The lowest BCUT2D eigenvalue weighted by molar-refractivity contribution is 0.296. The number of anilines is 3. The van der Waals surface area contributed by atoms with Crippen LogP contribution < -0.4 is 20.5 Å². The highest BCUT2D eigenvalue weighted by atomic mass is 35.5. The number of aromatic nitrogens is 6. The van der Waals surface area contributed by atoms with Crippen LogP contribution in [-0.2, 0) is 12.4 Å². The molecular formula is C20H19ClN8O2S. The number of benzene rings is 2. The van der Waals surface area contributed by atoms with Gasteiger partial charge in [-0.2, -0.15) is 15.0 Å². The van der Waals surface area contributed by atoms with E-state index in [2.05, 4.69) is 35.5 Å². The average molecular weight is 471 g/mol. The van der Waals surface area contributed by atoms with Crippen molar-refractivity contribution >= 4 is 40.9 Å². The smallest absolute Gasteiger partial charge is 0.232 e. The maximum atomic E-state index is 5.87. The summed E-state index contributed by atoms with van der Waals surface area (Å²) in [7, 11) is 1.59. The quantitative estimate of drug-likeness (QED) is 0.309. The van der Waals surface area contributed by atoms with Gasteiger partial charge in [0.1, 0.15) is 23.9 Å². The van der Waals surface area contributed by atoms with Crippen molar-refractivity contribution in [2.24, 2.45) is 0 Å². The summed E-state index contributed by atoms with van der Waals surface area (Å²) in [5, 5.41) is 11.3. The molecule has 0 aliphatic heterocycles. The van der Waals surface area contributed by atoms with Crippen LogP contribution in [0.5, 0.6) is 11.5 Å². The summed E-state index contributed by atoms with van der Waals surface area (Å²) in [6.45, 7) is 0.251. The van der Waals surface area contributed by atoms with Crippen molar-refractivity contribution in [2.75, 3.05) is 18.2 Å². The minimum atomic E-state index is 0.111. The average Bonchev–Trinajstić information content (AvgIpc) is 3.25. The third-order valence-electron chi connectivity index (χ3n) is 4.08. The molecule has 0 radical (unpaired) electrons. The van der Waals surface area contributed by atoms with Crippen molar-refractivity contribution in [3.63, 3.8) is 0 Å². The van der Waals surface area contributed by atoms with Crippen LogP contribution in [0.25, 0.3) is 0 Å². The fourth-order valence-electron chi connectivity index (χ4n) is 2.65. The van der Waals surface area contributed by atoms with Crippen LogP contribution >= 0.6 is 23.4 Å². The Balaban J connectivity index is 1.36. The lowest BCUT2D eigenvalue weighted by Crippen LogP contribution is -2.07. The zero-order chi connectivity index (χ0) is 22.3. The molecule has 4 N–H and O–H groups in total. The van der Waals surface area contributed by atoms with Crippen molar-refractivity contribution in [3.05, 3.63) is 65.2 Å². The molecule has 2 aromatic heterocycles. The van der Waals surface area contributed by atoms with E-state index in [1.807, 2.05) is 24.3 Å². The first-order chi connectivity index (χ1) is 15.6. The molecule has 2 aromatic carbocycles. The van der Waals surface area contributed by atoms with Crippen LogP contribution in [-0.4, -0.2) is 37.2 Å². The second-order valence-corrected chi connectivity index (χ2v) is 7.73. The lowest BCUT2D eigenvalue weighted by Gasteiger charge is -2.10. The SMILES string of the molecule is COc1ccccc1Nc1nc(N)nc(CSc2n[nH]c(COc3ccc(Cl)cc3)n2)n1. The number of ether oxygens (including phenoxy) is 2. The standard InChI is InChI=1S/C20H19ClN8O2S/c1-30-15-5-3-2-4-14(15)23-19-25-17(24-18(22)27-19)11-32-20-26-16(28-29-20)10-31-13-8-6-12(21)7-9-13/h2-9H,10-11H2,1H3,(H,26,28,29)(H3,22,23,24,25,27). The maximum Gasteiger partial charge on any atom is 0.232 e. The Morgan fingerprint density at radius 1 is 1.06 bits per heavy atom. The number of halogens is 1. The number of hydrogen-bond donors (Lipinski definition) is 3. The Hall–Kier alpha value is -3.57. The molecule has 0 saturated carbocycles. The Kier molecular flexibility index (Phi) is 6.87. The van der Waals surface area contributed by atoms with Gasteiger partial charge in [0.15, 0.2) is 5.82 Å². The molecule has 32 heavy (non-hydrogen) atoms. The van der Waals surface area contributed by atoms with Gasteiger partial charge in [0.05, 0.1) is 18.6 Å². The zero-order valence-corrected chi connectivity index (χ0v) is 18.5. The van der Waals surface area contributed by atoms with Gasteiger partial charge in [0.2, 0.25) is 17.1 Å². The molecule has 0 unspecified atom stereocenters. The van der Waals surface area contributed by atoms with E-state index in [1.165, 1.54) is 11.8 Å². The van der Waals surface area contributed by atoms with Gasteiger partial charge < -0.3 is 20.5 Å². The summed E-state index contributed by atoms with van der Waals surface area (Å²) in [5.41, 5.74) is 6.58. The van der Waals surface area contributed by atoms with Gasteiger partial charge in [-0.15, -0.1) is 5.10 Å². The van der Waals surface area contributed by atoms with Gasteiger partial charge in [-0.05, 0) is 36.4 Å². The van der Waals surface area contributed by atoms with Crippen LogP contribution in [0.3, 0.4) is 0 Å². The van der Waals surface area contributed by atoms with E-state index in [9.17, 15) is 0 Å². The number of para-hydroxylation sites is 2. The van der Waals surface area contributed by atoms with Gasteiger partial charge in [0.25, 0.3) is 0 Å². The molecule has 2 heterocycles. The molecule has 12 heteroatoms. The molecule has 0 fully saturated rings. The summed E-state index contributed by atoms with van der Waals surface area (Å²) in [6.07, 6.45) is 0. The van der Waals surface area contributed by atoms with E-state index in [-0.39, 0.29) is 12.6 Å². The second kappa shape index (κ2) is 10.2. The monoisotopic (exact) mass is 470 g/mol. The first-order valence-corrected chi connectivity index (χ1v) is 10.8. The number of nitrogens with one attached hydrogen (secondary N) is 2. The molecule has 4 rings (SSSR count). The third kappa shape index (κ3) is 5.77. The Bertz CT molecular complexity index is 1190. The second-order valence-electron chi connectivity index (χ2n) is 6.35. The van der Waals surface area contributed by atoms with Crippen LogP contribution in [0, 0.1) is 0 Å². The highest BCUT2D eigenvalue weighted by molar-refractivity contribution is 7.98. The summed E-state index contributed by atoms with van der Waals surface area (Å²) in [6, 6.07) is 14.5. The summed E-state index contributed by atoms with van der Waals surface area (Å²) < 4.78 is 11.0. The number of nitrogens with two attached hydrogens (primary N) is 1. The number of rotatable bonds is 9. The topological polar surface area (TPSA) is 137 Å². The summed E-state index contributed by atoms with van der Waals surface area (Å²) in [4.78, 5) is 17.1. The van der Waals surface area contributed by atoms with Gasteiger partial charge in [-0.1, -0.05) is 35.5 Å². The van der Waals surface area contributed by atoms with Crippen LogP contribution in [0.4, 0.5) is 17.6 Å². The molecule has 0 amide bonds. The number of nitrogen functional groups attached to an aromatic ring is 1. The molecule has 0 aliphatic carbocycles. The van der Waals surface area contributed by atoms with E-state index in [0.717, 1.165) is 5.69 Å². The van der Waals surface area contributed by atoms with Crippen LogP contribution in [0.2, 0.25) is 5.02 Å². The van der Waals surface area contributed by atoms with Crippen LogP contribution in [0.15, 0.2) is 53.7 Å². The van der Waals surface area contributed by atoms with E-state index in [0.29, 0.717) is 45.0 Å². The number of thioether (sulfide) groups is 1. The number of H-pyrrole nitrogens is 1. The minimum absolute atomic E-state index is 0.111. The molecule has 4 aromatic rings. The molecular weight excluding hydrogens is 452 g/mol. The van der Waals surface area contributed by atoms with E-state index in [1.54, 1.807) is 31.4 Å². The normalized spacial score (nSPS) is 10.7. The van der Waals surface area contributed by atoms with Crippen LogP contribution in [0.1, 0.15) is 11.6 Å². The molecule has 0 aliphatic rings. The number of nitrogens with zero attached hydrogens (tertiary/aromatic N) is 5. The van der Waals surface area contributed by atoms with E-state index >= 15 is 0 Å². The number of aromatic amines is 1. The van der Waals surface area contributed by atoms with Gasteiger partial charge >= 0.3 is 0 Å². The molecule has 0 spiro atoms. The molecule has 0 atom stereocenters. The first-order valence-electron chi connectivity index (χ1n) is 9.42. The highest BCUT2D eigenvalue weighted by Crippen LogP contribution is 2.26. The minimum Gasteiger partial charge on any atom is -0.495 e. The highest BCUT2D eigenvalue weighted by Gasteiger charge is 2.11. The van der Waals surface area contributed by atoms with Gasteiger partial charge in [0, 0.05) is 5.02 Å². The molecule has 0 saturated heterocycles. The van der Waals surface area contributed by atoms with Gasteiger partial charge in [-0.3, -0.25) is 5.10 Å². The van der Waals surface area contributed by atoms with Gasteiger partial charge in [-0.25, -0.2) is 4.98 Å². The third-order valence-corrected chi connectivity index (χ3v) is 5.18. The number of hydrogen-bond acceptors (Lipinski definition) is 10. The summed E-state index contributed by atoms with van der Waals surface area (Å²) in [5.74, 6) is 3.28. The number of methoxy groups -OCH3 is 1. The molecule has 0 bridgehead atoms.